The van der Waals surface area contributed by atoms with E-state index in [2.05, 4.69) is 0 Å². The molecule has 0 heterocycles. The van der Waals surface area contributed by atoms with E-state index >= 15 is 0 Å². The highest BCUT2D eigenvalue weighted by Crippen LogP contribution is 2.22. The van der Waals surface area contributed by atoms with Crippen molar-refractivity contribution in [3.05, 3.63) is 103 Å². The van der Waals surface area contributed by atoms with E-state index in [1.54, 1.807) is 36.4 Å². The first-order valence-electron chi connectivity index (χ1n) is 7.98. The minimum absolute atomic E-state index is 0.0736. The third-order valence-corrected chi connectivity index (χ3v) is 4.10. The predicted molar refractivity (Wildman–Crippen MR) is 99.2 cm³/mol. The summed E-state index contributed by atoms with van der Waals surface area (Å²) in [5.74, 6) is 0. The Morgan fingerprint density at radius 2 is 0.679 bits per heavy atom. The standard InChI is InChI=1S/C18H12N4O6/c23-20(24)16-7-1-13(2-8-16)19(14-3-9-17(10-4-14)21(25)26)15-5-11-18(12-6-15)22(27)28/h1-12H/p+1. The zero-order valence-electron chi connectivity index (χ0n) is 14.2. The zero-order chi connectivity index (χ0) is 20.3. The summed E-state index contributed by atoms with van der Waals surface area (Å²) in [4.78, 5) is 31.8. The average Bonchev–Trinajstić information content (AvgIpc) is 2.69. The normalized spacial score (nSPS) is 10.6. The van der Waals surface area contributed by atoms with Gasteiger partial charge in [-0.1, -0.05) is 0 Å². The van der Waals surface area contributed by atoms with Gasteiger partial charge < -0.3 is 0 Å². The lowest BCUT2D eigenvalue weighted by Gasteiger charge is -2.18. The maximum Gasteiger partial charge on any atom is 0.269 e. The Kier molecular flexibility index (Phi) is 5.05. The van der Waals surface area contributed by atoms with Crippen molar-refractivity contribution in [3.8, 4) is 0 Å². The monoisotopic (exact) mass is 381 g/mol. The molecule has 10 heteroatoms. The summed E-state index contributed by atoms with van der Waals surface area (Å²) >= 11 is 0. The summed E-state index contributed by atoms with van der Waals surface area (Å²) in [7, 11) is 0. The van der Waals surface area contributed by atoms with Gasteiger partial charge in [0.25, 0.3) is 17.1 Å². The van der Waals surface area contributed by atoms with E-state index in [1.165, 1.54) is 36.4 Å². The van der Waals surface area contributed by atoms with Crippen molar-refractivity contribution in [1.82, 2.24) is 0 Å². The Morgan fingerprint density at radius 1 is 0.464 bits per heavy atom. The Labute approximate surface area is 157 Å². The van der Waals surface area contributed by atoms with Crippen LogP contribution in [0.2, 0.25) is 0 Å². The SMILES string of the molecule is O=[N+]([O-])c1ccc([NH+](c2ccc([N+](=O)[O-])cc2)c2ccc([N+](=O)[O-])cc2)cc1. The summed E-state index contributed by atoms with van der Waals surface area (Å²) in [6, 6.07) is 17.5. The molecule has 3 rings (SSSR count). The molecule has 3 aromatic rings. The molecule has 0 amide bonds. The lowest BCUT2D eigenvalue weighted by Crippen LogP contribution is -2.96. The van der Waals surface area contributed by atoms with Crippen LogP contribution >= 0.6 is 0 Å². The fraction of sp³-hybridized carbons (Fsp3) is 0. The van der Waals surface area contributed by atoms with E-state index < -0.39 is 14.8 Å². The lowest BCUT2D eigenvalue weighted by atomic mass is 10.1. The molecule has 0 radical (unpaired) electrons. The number of hydrogen-bond acceptors (Lipinski definition) is 6. The van der Waals surface area contributed by atoms with Crippen molar-refractivity contribution < 1.29 is 19.7 Å². The lowest BCUT2D eigenvalue weighted by molar-refractivity contribution is -0.681. The van der Waals surface area contributed by atoms with Crippen LogP contribution in [0.5, 0.6) is 0 Å². The van der Waals surface area contributed by atoms with Crippen LogP contribution in [0.1, 0.15) is 0 Å². The number of non-ortho nitro benzene ring substituents is 3. The van der Waals surface area contributed by atoms with Crippen LogP contribution in [-0.4, -0.2) is 14.8 Å². The number of nitro benzene ring substituents is 3. The van der Waals surface area contributed by atoms with Crippen LogP contribution in [0.25, 0.3) is 0 Å². The Balaban J connectivity index is 2.08. The second kappa shape index (κ2) is 7.60. The first-order chi connectivity index (χ1) is 13.4. The van der Waals surface area contributed by atoms with Crippen LogP contribution in [0.15, 0.2) is 72.8 Å². The van der Waals surface area contributed by atoms with Gasteiger partial charge in [-0.05, 0) is 0 Å². The van der Waals surface area contributed by atoms with E-state index in [0.29, 0.717) is 22.0 Å². The van der Waals surface area contributed by atoms with E-state index in [-0.39, 0.29) is 17.1 Å². The predicted octanol–water partition coefficient (Wildman–Crippen LogP) is 3.59. The van der Waals surface area contributed by atoms with Crippen LogP contribution in [0, 0.1) is 30.3 Å². The molecule has 1 N–H and O–H groups in total. The Hall–Kier alpha value is -4.18. The summed E-state index contributed by atoms with van der Waals surface area (Å²) < 4.78 is 0. The fourth-order valence-electron chi connectivity index (χ4n) is 2.75. The molecule has 0 fully saturated rings. The maximum atomic E-state index is 10.9. The number of benzene rings is 3. The maximum absolute atomic E-state index is 10.9. The van der Waals surface area contributed by atoms with Gasteiger partial charge in [0.15, 0.2) is 0 Å². The van der Waals surface area contributed by atoms with Gasteiger partial charge in [0, 0.05) is 72.8 Å². The summed E-state index contributed by atoms with van der Waals surface area (Å²) in [6.45, 7) is 0. The van der Waals surface area contributed by atoms with E-state index in [1.807, 2.05) is 0 Å². The minimum Gasteiger partial charge on any atom is -0.258 e. The van der Waals surface area contributed by atoms with Crippen LogP contribution in [0.4, 0.5) is 34.1 Å². The minimum atomic E-state index is -0.513. The summed E-state index contributed by atoms with van der Waals surface area (Å²) in [5, 5.41) is 32.7. The molecule has 0 atom stereocenters. The molecule has 0 unspecified atom stereocenters. The highest BCUT2D eigenvalue weighted by Gasteiger charge is 2.22. The van der Waals surface area contributed by atoms with Gasteiger partial charge in [0.1, 0.15) is 17.1 Å². The van der Waals surface area contributed by atoms with Crippen LogP contribution < -0.4 is 4.90 Å². The molecule has 0 saturated carbocycles. The number of hydrogen-bond donors (Lipinski definition) is 1. The third-order valence-electron chi connectivity index (χ3n) is 4.10. The van der Waals surface area contributed by atoms with E-state index in [0.717, 1.165) is 0 Å². The highest BCUT2D eigenvalue weighted by molar-refractivity contribution is 5.51. The number of nitrogens with one attached hydrogen (secondary N) is 1. The molecule has 0 saturated heterocycles. The molecule has 0 spiro atoms. The van der Waals surface area contributed by atoms with Crippen LogP contribution in [-0.2, 0) is 0 Å². The largest absolute Gasteiger partial charge is 0.269 e. The molecule has 0 aliphatic carbocycles. The molecular formula is C18H13N4O6+. The number of rotatable bonds is 6. The van der Waals surface area contributed by atoms with Gasteiger partial charge in [0.05, 0.1) is 14.8 Å². The number of nitro groups is 3. The highest BCUT2D eigenvalue weighted by atomic mass is 16.6. The molecular weight excluding hydrogens is 368 g/mol. The topological polar surface area (TPSA) is 134 Å². The van der Waals surface area contributed by atoms with Gasteiger partial charge in [-0.2, -0.15) is 0 Å². The number of nitrogens with zero attached hydrogens (tertiary/aromatic N) is 3. The fourth-order valence-corrected chi connectivity index (χ4v) is 2.75. The molecule has 0 aromatic heterocycles. The average molecular weight is 381 g/mol. The molecule has 10 nitrogen and oxygen atoms in total. The smallest absolute Gasteiger partial charge is 0.258 e. The molecule has 28 heavy (non-hydrogen) atoms. The second-order valence-electron chi connectivity index (χ2n) is 5.79. The van der Waals surface area contributed by atoms with Gasteiger partial charge >= 0.3 is 0 Å². The van der Waals surface area contributed by atoms with E-state index in [4.69, 9.17) is 0 Å². The van der Waals surface area contributed by atoms with Crippen molar-refractivity contribution in [3.63, 3.8) is 0 Å². The van der Waals surface area contributed by atoms with Crippen molar-refractivity contribution >= 4 is 34.1 Å². The van der Waals surface area contributed by atoms with Gasteiger partial charge in [-0.3, -0.25) is 30.3 Å². The molecule has 0 aliphatic rings. The zero-order valence-corrected chi connectivity index (χ0v) is 14.2. The van der Waals surface area contributed by atoms with Gasteiger partial charge in [-0.15, -0.1) is 0 Å². The van der Waals surface area contributed by atoms with Crippen molar-refractivity contribution in [2.24, 2.45) is 0 Å². The molecule has 3 aromatic carbocycles. The van der Waals surface area contributed by atoms with Crippen molar-refractivity contribution in [2.45, 2.75) is 0 Å². The number of quaternary nitrogens is 1. The quantitative estimate of drug-likeness (QED) is 0.512. The molecule has 140 valence electrons. The Morgan fingerprint density at radius 3 is 0.857 bits per heavy atom. The van der Waals surface area contributed by atoms with Gasteiger partial charge in [0.2, 0.25) is 0 Å². The van der Waals surface area contributed by atoms with E-state index in [9.17, 15) is 30.3 Å². The summed E-state index contributed by atoms with van der Waals surface area (Å²) in [6.07, 6.45) is 0. The summed E-state index contributed by atoms with van der Waals surface area (Å²) in [5.41, 5.74) is 1.68. The second-order valence-corrected chi connectivity index (χ2v) is 5.79. The molecule has 0 bridgehead atoms. The third kappa shape index (κ3) is 3.81. The van der Waals surface area contributed by atoms with Gasteiger partial charge in [-0.25, -0.2) is 4.90 Å². The van der Waals surface area contributed by atoms with Crippen molar-refractivity contribution in [2.75, 3.05) is 0 Å². The van der Waals surface area contributed by atoms with Crippen molar-refractivity contribution in [1.29, 1.82) is 0 Å². The Bertz CT molecular complexity index is 896. The first-order valence-corrected chi connectivity index (χ1v) is 7.98. The van der Waals surface area contributed by atoms with Crippen LogP contribution in [0.3, 0.4) is 0 Å². The first kappa shape index (κ1) is 18.6. The molecule has 0 aliphatic heterocycles.